The van der Waals surface area contributed by atoms with Crippen LogP contribution in [0.2, 0.25) is 0 Å². The second kappa shape index (κ2) is 11.2. The maximum Gasteiger partial charge on any atom is 0.416 e. The first-order chi connectivity index (χ1) is 19.9. The van der Waals surface area contributed by atoms with Gasteiger partial charge in [0.2, 0.25) is 5.91 Å². The van der Waals surface area contributed by atoms with Crippen LogP contribution in [0.15, 0.2) is 65.4 Å². The summed E-state index contributed by atoms with van der Waals surface area (Å²) in [5.41, 5.74) is 5.52. The number of carbonyl (C=O) groups is 2. The van der Waals surface area contributed by atoms with Crippen LogP contribution in [0.25, 0.3) is 28.3 Å². The van der Waals surface area contributed by atoms with E-state index in [9.17, 15) is 31.5 Å². The Labute approximate surface area is 236 Å². The van der Waals surface area contributed by atoms with Crippen molar-refractivity contribution < 1.29 is 36.0 Å². The number of carbonyl (C=O) groups excluding carboxylic acids is 2. The number of pyridine rings is 2. The minimum Gasteiger partial charge on any atom is -0.459 e. The lowest BCUT2D eigenvalue weighted by Gasteiger charge is -2.31. The summed E-state index contributed by atoms with van der Waals surface area (Å²) in [6.07, 6.45) is -0.0690. The van der Waals surface area contributed by atoms with E-state index in [1.165, 1.54) is 47.6 Å². The van der Waals surface area contributed by atoms with Crippen LogP contribution in [0.4, 0.5) is 27.8 Å². The highest BCUT2D eigenvalue weighted by Crippen LogP contribution is 2.38. The molecule has 4 heterocycles. The van der Waals surface area contributed by atoms with Gasteiger partial charge in [-0.25, -0.2) is 13.8 Å². The number of aromatic nitrogens is 2. The minimum atomic E-state index is -4.68. The molecule has 13 heteroatoms. The summed E-state index contributed by atoms with van der Waals surface area (Å²) in [6.45, 7) is -0.316. The van der Waals surface area contributed by atoms with Gasteiger partial charge in [-0.2, -0.15) is 13.2 Å². The summed E-state index contributed by atoms with van der Waals surface area (Å²) in [6, 6.07) is 9.35. The number of fused-ring (bicyclic) bond motifs is 1. The highest BCUT2D eigenvalue weighted by atomic mass is 19.4. The lowest BCUT2D eigenvalue weighted by Crippen LogP contribution is -2.42. The van der Waals surface area contributed by atoms with Crippen molar-refractivity contribution in [1.29, 1.82) is 0 Å². The molecule has 2 amide bonds. The van der Waals surface area contributed by atoms with Gasteiger partial charge in [0.15, 0.2) is 0 Å². The fourth-order valence-corrected chi connectivity index (χ4v) is 4.47. The molecule has 0 atom stereocenters. The molecule has 0 unspecified atom stereocenters. The molecule has 8 nitrogen and oxygen atoms in total. The molecule has 0 radical (unpaired) electrons. The third kappa shape index (κ3) is 6.56. The molecule has 0 saturated carbocycles. The maximum atomic E-state index is 13.7. The van der Waals surface area contributed by atoms with Gasteiger partial charge in [-0.15, -0.1) is 0 Å². The summed E-state index contributed by atoms with van der Waals surface area (Å²) in [4.78, 5) is 34.5. The minimum absolute atomic E-state index is 0.0660. The monoisotopic (exact) mass is 585 g/mol. The highest BCUT2D eigenvalue weighted by molar-refractivity contribution is 5.97. The first-order valence-corrected chi connectivity index (χ1v) is 12.8. The van der Waals surface area contributed by atoms with Gasteiger partial charge in [0.1, 0.15) is 17.2 Å². The van der Waals surface area contributed by atoms with Crippen LogP contribution >= 0.6 is 0 Å². The van der Waals surface area contributed by atoms with E-state index < -0.39 is 42.3 Å². The second-order valence-electron chi connectivity index (χ2n) is 9.79. The largest absolute Gasteiger partial charge is 0.459 e. The van der Waals surface area contributed by atoms with E-state index in [1.54, 1.807) is 12.1 Å². The fraction of sp³-hybridized carbons (Fsp3) is 0.241. The SMILES string of the molecule is Nc1ccc(C=CC(=O)NCc2cc3c(-c4ccc(C(=O)N5CCC(F)(F)CC5)cn4)cc(C(F)(F)F)cc3o2)cn1. The van der Waals surface area contributed by atoms with Crippen LogP contribution < -0.4 is 11.1 Å². The number of halogens is 5. The molecule has 0 spiro atoms. The van der Waals surface area contributed by atoms with Gasteiger partial charge in [0, 0.05) is 55.4 Å². The summed E-state index contributed by atoms with van der Waals surface area (Å²) < 4.78 is 73.7. The molecule has 3 aromatic heterocycles. The number of benzene rings is 1. The number of nitrogens with two attached hydrogens (primary N) is 1. The van der Waals surface area contributed by atoms with Crippen LogP contribution in [-0.4, -0.2) is 45.7 Å². The number of nitrogen functional groups attached to an aromatic ring is 1. The van der Waals surface area contributed by atoms with Gasteiger partial charge in [-0.1, -0.05) is 0 Å². The van der Waals surface area contributed by atoms with E-state index in [1.807, 2.05) is 0 Å². The number of furan rings is 1. The third-order valence-electron chi connectivity index (χ3n) is 6.76. The number of alkyl halides is 5. The van der Waals surface area contributed by atoms with E-state index in [2.05, 4.69) is 15.3 Å². The molecule has 218 valence electrons. The lowest BCUT2D eigenvalue weighted by molar-refractivity contribution is -0.137. The van der Waals surface area contributed by atoms with Crippen LogP contribution in [0.5, 0.6) is 0 Å². The molecule has 0 bridgehead atoms. The molecule has 1 aliphatic heterocycles. The second-order valence-corrected chi connectivity index (χ2v) is 9.79. The smallest absolute Gasteiger partial charge is 0.416 e. The van der Waals surface area contributed by atoms with E-state index in [0.717, 1.165) is 12.1 Å². The molecule has 0 aliphatic carbocycles. The van der Waals surface area contributed by atoms with Crippen molar-refractivity contribution in [2.24, 2.45) is 0 Å². The number of nitrogens with one attached hydrogen (secondary N) is 1. The molecular weight excluding hydrogens is 561 g/mol. The molecule has 1 aliphatic rings. The Morgan fingerprint density at radius 1 is 1.05 bits per heavy atom. The van der Waals surface area contributed by atoms with E-state index in [0.29, 0.717) is 16.8 Å². The molecule has 1 aromatic carbocycles. The van der Waals surface area contributed by atoms with Crippen molar-refractivity contribution in [1.82, 2.24) is 20.2 Å². The zero-order chi connectivity index (χ0) is 30.1. The quantitative estimate of drug-likeness (QED) is 0.222. The fourth-order valence-electron chi connectivity index (χ4n) is 4.47. The molecule has 4 aromatic rings. The van der Waals surface area contributed by atoms with Gasteiger partial charge < -0.3 is 20.4 Å². The lowest BCUT2D eigenvalue weighted by atomic mass is 10.0. The molecule has 5 rings (SSSR count). The zero-order valence-corrected chi connectivity index (χ0v) is 21.9. The van der Waals surface area contributed by atoms with Gasteiger partial charge in [0.05, 0.1) is 23.4 Å². The van der Waals surface area contributed by atoms with Crippen LogP contribution in [0.1, 0.15) is 40.1 Å². The number of anilines is 1. The van der Waals surface area contributed by atoms with Crippen molar-refractivity contribution in [2.45, 2.75) is 31.5 Å². The average molecular weight is 586 g/mol. The summed E-state index contributed by atoms with van der Waals surface area (Å²) >= 11 is 0. The number of likely N-dealkylation sites (tertiary alicyclic amines) is 1. The predicted molar refractivity (Wildman–Crippen MR) is 144 cm³/mol. The standard InChI is InChI=1S/C29H24F5N5O3/c30-28(31)7-9-39(10-8-28)27(41)18-3-4-23(36-15-18)21-11-19(29(32,33)34)12-24-22(21)13-20(42-24)16-38-26(40)6-2-17-1-5-25(35)37-14-17/h1-6,11-15H,7-10,16H2,(H2,35,37)(H,38,40). The Kier molecular flexibility index (Phi) is 7.67. The Morgan fingerprint density at radius 2 is 1.81 bits per heavy atom. The number of amides is 2. The molecular formula is C29H24F5N5O3. The average Bonchev–Trinajstić information content (AvgIpc) is 3.38. The van der Waals surface area contributed by atoms with Gasteiger partial charge in [0.25, 0.3) is 11.8 Å². The van der Waals surface area contributed by atoms with Crippen molar-refractivity contribution in [3.8, 4) is 11.3 Å². The summed E-state index contributed by atoms with van der Waals surface area (Å²) in [5, 5.41) is 2.93. The number of nitrogens with zero attached hydrogens (tertiary/aromatic N) is 3. The third-order valence-corrected chi connectivity index (χ3v) is 6.76. The van der Waals surface area contributed by atoms with E-state index >= 15 is 0 Å². The van der Waals surface area contributed by atoms with E-state index in [-0.39, 0.29) is 47.8 Å². The van der Waals surface area contributed by atoms with Gasteiger partial charge in [-0.3, -0.25) is 14.6 Å². The van der Waals surface area contributed by atoms with Crippen molar-refractivity contribution in [3.05, 3.63) is 83.4 Å². The zero-order valence-electron chi connectivity index (χ0n) is 21.9. The Bertz CT molecular complexity index is 1640. The Hall–Kier alpha value is -4.81. The molecule has 1 saturated heterocycles. The van der Waals surface area contributed by atoms with Crippen molar-refractivity contribution in [2.75, 3.05) is 18.8 Å². The number of rotatable bonds is 6. The molecule has 42 heavy (non-hydrogen) atoms. The topological polar surface area (TPSA) is 114 Å². The van der Waals surface area contributed by atoms with Gasteiger partial charge >= 0.3 is 6.18 Å². The van der Waals surface area contributed by atoms with E-state index in [4.69, 9.17) is 10.2 Å². The molecule has 3 N–H and O–H groups in total. The highest BCUT2D eigenvalue weighted by Gasteiger charge is 2.36. The van der Waals surface area contributed by atoms with Crippen LogP contribution in [0, 0.1) is 0 Å². The summed E-state index contributed by atoms with van der Waals surface area (Å²) in [5.74, 6) is -3.23. The number of hydrogen-bond donors (Lipinski definition) is 2. The van der Waals surface area contributed by atoms with Crippen molar-refractivity contribution >= 4 is 34.7 Å². The van der Waals surface area contributed by atoms with Crippen LogP contribution in [-0.2, 0) is 17.5 Å². The number of piperidine rings is 1. The molecule has 1 fully saturated rings. The Balaban J connectivity index is 1.36. The Morgan fingerprint density at radius 3 is 2.45 bits per heavy atom. The number of hydrogen-bond acceptors (Lipinski definition) is 6. The van der Waals surface area contributed by atoms with Crippen LogP contribution in [0.3, 0.4) is 0 Å². The van der Waals surface area contributed by atoms with Gasteiger partial charge in [-0.05, 0) is 54.1 Å². The predicted octanol–water partition coefficient (Wildman–Crippen LogP) is 5.69. The first-order valence-electron chi connectivity index (χ1n) is 12.8. The van der Waals surface area contributed by atoms with Crippen molar-refractivity contribution in [3.63, 3.8) is 0 Å². The normalized spacial score (nSPS) is 15.3. The maximum absolute atomic E-state index is 13.7. The summed E-state index contributed by atoms with van der Waals surface area (Å²) in [7, 11) is 0. The first kappa shape index (κ1) is 28.7.